The second kappa shape index (κ2) is 6.41. The fraction of sp³-hybridized carbons (Fsp3) is 0.0588. The molecule has 1 heterocycles. The van der Waals surface area contributed by atoms with Crippen molar-refractivity contribution in [2.75, 3.05) is 0 Å². The van der Waals surface area contributed by atoms with Gasteiger partial charge >= 0.3 is 0 Å². The summed E-state index contributed by atoms with van der Waals surface area (Å²) in [6.45, 7) is 0. The Hall–Kier alpha value is -2.66. The third-order valence-electron chi connectivity index (χ3n) is 3.12. The Morgan fingerprint density at radius 3 is 2.59 bits per heavy atom. The van der Waals surface area contributed by atoms with Gasteiger partial charge in [-0.15, -0.1) is 0 Å². The first-order valence-electron chi connectivity index (χ1n) is 6.78. The zero-order chi connectivity index (χ0) is 15.4. The van der Waals surface area contributed by atoms with E-state index in [-0.39, 0.29) is 11.0 Å². The van der Waals surface area contributed by atoms with E-state index >= 15 is 0 Å². The third-order valence-corrected chi connectivity index (χ3v) is 3.33. The normalized spacial score (nSPS) is 13.9. The van der Waals surface area contributed by atoms with Crippen molar-refractivity contribution in [1.82, 2.24) is 10.6 Å². The van der Waals surface area contributed by atoms with Gasteiger partial charge in [-0.1, -0.05) is 30.3 Å². The first kappa shape index (κ1) is 14.3. The number of nitrogens with zero attached hydrogens (tertiary/aromatic N) is 1. The molecule has 0 aromatic heterocycles. The largest absolute Gasteiger partial charge is 0.457 e. The number of carbonyl (C=O) groups is 1. The van der Waals surface area contributed by atoms with Crippen LogP contribution in [0.1, 0.15) is 5.56 Å². The molecule has 4 nitrogen and oxygen atoms in total. The van der Waals surface area contributed by atoms with Gasteiger partial charge in [0.05, 0.1) is 0 Å². The molecular formula is C17H13N2O2S. The highest BCUT2D eigenvalue weighted by Crippen LogP contribution is 2.23. The van der Waals surface area contributed by atoms with E-state index < -0.39 is 0 Å². The Morgan fingerprint density at radius 2 is 1.82 bits per heavy atom. The van der Waals surface area contributed by atoms with Crippen LogP contribution in [0.3, 0.4) is 0 Å². The van der Waals surface area contributed by atoms with Crippen LogP contribution in [-0.2, 0) is 11.2 Å². The predicted octanol–water partition coefficient (Wildman–Crippen LogP) is 2.92. The van der Waals surface area contributed by atoms with Crippen LogP contribution in [0.15, 0.2) is 66.4 Å². The summed E-state index contributed by atoms with van der Waals surface area (Å²) in [6, 6.07) is 17.2. The zero-order valence-corrected chi connectivity index (χ0v) is 12.5. The molecule has 0 saturated carbocycles. The number of carbonyl (C=O) groups excluding carboxylic acids is 1. The molecule has 0 atom stereocenters. The number of thiocarbonyl (C=S) groups is 1. The van der Waals surface area contributed by atoms with Crippen LogP contribution in [0.2, 0.25) is 0 Å². The van der Waals surface area contributed by atoms with E-state index in [1.807, 2.05) is 54.6 Å². The molecule has 1 aliphatic rings. The van der Waals surface area contributed by atoms with Gasteiger partial charge in [0, 0.05) is 18.2 Å². The summed E-state index contributed by atoms with van der Waals surface area (Å²) >= 11 is 4.83. The molecule has 0 aliphatic carbocycles. The minimum Gasteiger partial charge on any atom is -0.457 e. The van der Waals surface area contributed by atoms with Crippen LogP contribution in [0.25, 0.3) is 0 Å². The van der Waals surface area contributed by atoms with Gasteiger partial charge in [-0.3, -0.25) is 4.79 Å². The maximum absolute atomic E-state index is 11.8. The molecule has 1 aliphatic heterocycles. The summed E-state index contributed by atoms with van der Waals surface area (Å²) in [5, 5.41) is 6.72. The third kappa shape index (κ3) is 3.51. The number of hydrogen-bond donors (Lipinski definition) is 1. The van der Waals surface area contributed by atoms with E-state index in [0.29, 0.717) is 12.0 Å². The summed E-state index contributed by atoms with van der Waals surface area (Å²) in [4.78, 5) is 11.8. The molecule has 3 rings (SSSR count). The maximum Gasteiger partial charge on any atom is 0.277 e. The highest BCUT2D eigenvalue weighted by Gasteiger charge is 2.18. The Kier molecular flexibility index (Phi) is 4.16. The van der Waals surface area contributed by atoms with Gasteiger partial charge in [0.25, 0.3) is 5.91 Å². The van der Waals surface area contributed by atoms with Crippen LogP contribution in [0.4, 0.5) is 0 Å². The van der Waals surface area contributed by atoms with Crippen molar-refractivity contribution in [3.8, 4) is 11.5 Å². The highest BCUT2D eigenvalue weighted by molar-refractivity contribution is 7.80. The molecule has 109 valence electrons. The lowest BCUT2D eigenvalue weighted by Gasteiger charge is -2.14. The molecule has 0 saturated heterocycles. The average molecular weight is 309 g/mol. The Bertz CT molecular complexity index is 741. The highest BCUT2D eigenvalue weighted by atomic mass is 32.1. The van der Waals surface area contributed by atoms with Gasteiger partial charge in [0.2, 0.25) is 0 Å². The molecule has 0 spiro atoms. The quantitative estimate of drug-likeness (QED) is 0.882. The van der Waals surface area contributed by atoms with Crippen molar-refractivity contribution >= 4 is 23.2 Å². The van der Waals surface area contributed by atoms with E-state index in [1.165, 1.54) is 0 Å². The van der Waals surface area contributed by atoms with Crippen molar-refractivity contribution in [2.45, 2.75) is 6.42 Å². The standard InChI is InChI=1S/C17H13N2O2S/c20-16-13(11-18-17(22)19-16)9-12-5-4-8-15(10-12)21-14-6-2-1-3-7-14/h1-8,10-11H,9H2,(H,18,22). The molecule has 0 unspecified atom stereocenters. The second-order valence-electron chi connectivity index (χ2n) is 4.78. The van der Waals surface area contributed by atoms with Gasteiger partial charge in [-0.05, 0) is 42.0 Å². The average Bonchev–Trinajstić information content (AvgIpc) is 2.52. The van der Waals surface area contributed by atoms with E-state index in [2.05, 4.69) is 10.6 Å². The Morgan fingerprint density at radius 1 is 1.05 bits per heavy atom. The van der Waals surface area contributed by atoms with Crippen LogP contribution in [0.5, 0.6) is 11.5 Å². The smallest absolute Gasteiger partial charge is 0.277 e. The summed E-state index contributed by atoms with van der Waals surface area (Å²) in [5.74, 6) is 1.21. The maximum atomic E-state index is 11.8. The summed E-state index contributed by atoms with van der Waals surface area (Å²) < 4.78 is 5.79. The number of para-hydroxylation sites is 1. The monoisotopic (exact) mass is 309 g/mol. The van der Waals surface area contributed by atoms with E-state index in [4.69, 9.17) is 17.0 Å². The minimum atomic E-state index is -0.293. The summed E-state index contributed by atoms with van der Waals surface area (Å²) in [6.07, 6.45) is 2.09. The molecule has 2 aromatic carbocycles. The molecule has 0 fully saturated rings. The number of ether oxygens (including phenoxy) is 1. The molecule has 22 heavy (non-hydrogen) atoms. The SMILES string of the molecule is O=C1[N]C(=S)NC=C1Cc1cccc(Oc2ccccc2)c1. The van der Waals surface area contributed by atoms with Gasteiger partial charge in [0.1, 0.15) is 11.5 Å². The topological polar surface area (TPSA) is 52.4 Å². The number of nitrogens with one attached hydrogen (secondary N) is 1. The summed E-state index contributed by atoms with van der Waals surface area (Å²) in [7, 11) is 0. The minimum absolute atomic E-state index is 0.204. The van der Waals surface area contributed by atoms with Crippen molar-refractivity contribution < 1.29 is 9.53 Å². The first-order chi connectivity index (χ1) is 10.7. The lowest BCUT2D eigenvalue weighted by Crippen LogP contribution is -2.37. The number of hydrogen-bond acceptors (Lipinski definition) is 3. The first-order valence-corrected chi connectivity index (χ1v) is 7.19. The zero-order valence-electron chi connectivity index (χ0n) is 11.7. The lowest BCUT2D eigenvalue weighted by atomic mass is 10.0. The van der Waals surface area contributed by atoms with Crippen LogP contribution in [0, 0.1) is 0 Å². The molecule has 1 N–H and O–H groups in total. The fourth-order valence-electron chi connectivity index (χ4n) is 2.10. The van der Waals surface area contributed by atoms with Gasteiger partial charge < -0.3 is 10.1 Å². The van der Waals surface area contributed by atoms with Crippen LogP contribution >= 0.6 is 12.2 Å². The van der Waals surface area contributed by atoms with E-state index in [9.17, 15) is 4.79 Å². The van der Waals surface area contributed by atoms with Gasteiger partial charge in [-0.2, -0.15) is 5.32 Å². The molecule has 0 bridgehead atoms. The molecule has 1 amide bonds. The Labute approximate surface area is 133 Å². The molecular weight excluding hydrogens is 296 g/mol. The molecule has 2 aromatic rings. The molecule has 5 heteroatoms. The fourth-order valence-corrected chi connectivity index (χ4v) is 2.24. The Balaban J connectivity index is 1.74. The van der Waals surface area contributed by atoms with Crippen LogP contribution < -0.4 is 15.4 Å². The van der Waals surface area contributed by atoms with Crippen molar-refractivity contribution in [3.63, 3.8) is 0 Å². The number of rotatable bonds is 4. The van der Waals surface area contributed by atoms with E-state index in [0.717, 1.165) is 17.1 Å². The predicted molar refractivity (Wildman–Crippen MR) is 87.6 cm³/mol. The number of amides is 1. The number of benzene rings is 2. The van der Waals surface area contributed by atoms with Gasteiger partial charge in [0.15, 0.2) is 5.11 Å². The summed E-state index contributed by atoms with van der Waals surface area (Å²) in [5.41, 5.74) is 1.54. The van der Waals surface area contributed by atoms with E-state index in [1.54, 1.807) is 6.20 Å². The lowest BCUT2D eigenvalue weighted by molar-refractivity contribution is -0.116. The molecule has 1 radical (unpaired) electrons. The van der Waals surface area contributed by atoms with Crippen LogP contribution in [-0.4, -0.2) is 11.0 Å². The van der Waals surface area contributed by atoms with Crippen molar-refractivity contribution in [3.05, 3.63) is 71.9 Å². The van der Waals surface area contributed by atoms with Crippen molar-refractivity contribution in [2.24, 2.45) is 0 Å². The van der Waals surface area contributed by atoms with Gasteiger partial charge in [-0.25, -0.2) is 0 Å². The van der Waals surface area contributed by atoms with Crippen molar-refractivity contribution in [1.29, 1.82) is 0 Å². The second-order valence-corrected chi connectivity index (χ2v) is 5.16.